The highest BCUT2D eigenvalue weighted by atomic mass is 32.2. The molecule has 0 saturated heterocycles. The number of nitrogens with one attached hydrogen (secondary N) is 1. The zero-order valence-electron chi connectivity index (χ0n) is 13.2. The molecule has 0 spiro atoms. The molecule has 0 aromatic carbocycles. The summed E-state index contributed by atoms with van der Waals surface area (Å²) >= 11 is 0. The van der Waals surface area contributed by atoms with Crippen LogP contribution in [-0.4, -0.2) is 55.2 Å². The van der Waals surface area contributed by atoms with E-state index < -0.39 is 64.6 Å². The molecular formula is C12H13F6NO7S. The number of hydrogen-bond donors (Lipinski definition) is 2. The summed E-state index contributed by atoms with van der Waals surface area (Å²) in [5.74, 6) is -11.3. The molecule has 0 rings (SSSR count). The first-order valence-electron chi connectivity index (χ1n) is 6.54. The molecular weight excluding hydrogens is 416 g/mol. The van der Waals surface area contributed by atoms with Crippen molar-refractivity contribution in [2.45, 2.75) is 23.6 Å². The summed E-state index contributed by atoms with van der Waals surface area (Å²) in [5, 5.41) is -3.43. The van der Waals surface area contributed by atoms with Crippen LogP contribution in [0.4, 0.5) is 26.3 Å². The second-order valence-corrected chi connectivity index (χ2v) is 6.17. The number of rotatable bonds is 10. The lowest BCUT2D eigenvalue weighted by molar-refractivity contribution is -0.348. The topological polar surface area (TPSA) is 119 Å². The summed E-state index contributed by atoms with van der Waals surface area (Å²) in [6.45, 7) is 2.93. The van der Waals surface area contributed by atoms with Crippen LogP contribution in [0, 0.1) is 0 Å². The number of carbonyl (C=O) groups excluding carboxylic acids is 2. The summed E-state index contributed by atoms with van der Waals surface area (Å²) in [6, 6.07) is 0. The fraction of sp³-hybridized carbons (Fsp3) is 0.500. The van der Waals surface area contributed by atoms with E-state index in [-0.39, 0.29) is 0 Å². The molecule has 0 aliphatic heterocycles. The van der Waals surface area contributed by atoms with Crippen molar-refractivity contribution in [3.63, 3.8) is 0 Å². The smallest absolute Gasteiger partial charge is 0.410 e. The standard InChI is InChI=1S/C12H13F6NO7S/c1-3-5-19-9(21)11(12(16,17)18,26-8(20)7(2)13)25-6-4-10(14,15)27(22,23)24/h3H,1-2,4-6H2,(H,19,21)(H,22,23,24). The van der Waals surface area contributed by atoms with Crippen molar-refractivity contribution in [1.82, 2.24) is 5.32 Å². The summed E-state index contributed by atoms with van der Waals surface area (Å²) in [5.41, 5.74) is 0. The van der Waals surface area contributed by atoms with Crippen molar-refractivity contribution in [3.8, 4) is 0 Å². The Morgan fingerprint density at radius 2 is 1.70 bits per heavy atom. The zero-order valence-corrected chi connectivity index (χ0v) is 14.0. The maximum atomic E-state index is 13.3. The van der Waals surface area contributed by atoms with E-state index in [0.717, 1.165) is 6.08 Å². The Hall–Kier alpha value is -2.13. The molecule has 1 atom stereocenters. The van der Waals surface area contributed by atoms with Crippen molar-refractivity contribution < 1.29 is 58.4 Å². The van der Waals surface area contributed by atoms with Gasteiger partial charge in [0.15, 0.2) is 0 Å². The minimum atomic E-state index is -6.02. The molecule has 0 saturated carbocycles. The van der Waals surface area contributed by atoms with Gasteiger partial charge in [-0.15, -0.1) is 6.58 Å². The quantitative estimate of drug-likeness (QED) is 0.135. The van der Waals surface area contributed by atoms with E-state index in [1.807, 2.05) is 0 Å². The van der Waals surface area contributed by atoms with Crippen molar-refractivity contribution in [2.75, 3.05) is 13.2 Å². The molecule has 0 bridgehead atoms. The molecule has 1 unspecified atom stereocenters. The minimum absolute atomic E-state index is 0.630. The first-order chi connectivity index (χ1) is 12.0. The van der Waals surface area contributed by atoms with E-state index in [1.54, 1.807) is 0 Å². The van der Waals surface area contributed by atoms with Crippen LogP contribution in [0.1, 0.15) is 6.42 Å². The third kappa shape index (κ3) is 6.21. The van der Waals surface area contributed by atoms with Gasteiger partial charge in [-0.3, -0.25) is 9.35 Å². The van der Waals surface area contributed by atoms with Gasteiger partial charge in [-0.05, 0) is 0 Å². The van der Waals surface area contributed by atoms with Gasteiger partial charge in [-0.2, -0.15) is 34.8 Å². The van der Waals surface area contributed by atoms with E-state index in [4.69, 9.17) is 4.55 Å². The summed E-state index contributed by atoms with van der Waals surface area (Å²) < 4.78 is 116. The largest absolute Gasteiger partial charge is 0.466 e. The molecule has 15 heteroatoms. The maximum absolute atomic E-state index is 13.3. The lowest BCUT2D eigenvalue weighted by Crippen LogP contribution is -2.61. The van der Waals surface area contributed by atoms with Gasteiger partial charge in [0, 0.05) is 6.54 Å². The lowest BCUT2D eigenvalue weighted by atomic mass is 10.2. The first kappa shape index (κ1) is 24.9. The Bertz CT molecular complexity index is 706. The molecule has 0 aliphatic carbocycles. The fourth-order valence-electron chi connectivity index (χ4n) is 1.32. The predicted octanol–water partition coefficient (Wildman–Crippen LogP) is 1.46. The number of hydrogen-bond acceptors (Lipinski definition) is 6. The minimum Gasteiger partial charge on any atom is -0.410 e. The summed E-state index contributed by atoms with van der Waals surface area (Å²) in [6.07, 6.45) is -7.09. The van der Waals surface area contributed by atoms with E-state index in [2.05, 4.69) is 22.6 Å². The Labute approximate surface area is 148 Å². The molecule has 0 fully saturated rings. The monoisotopic (exact) mass is 429 g/mol. The van der Waals surface area contributed by atoms with Crippen LogP contribution < -0.4 is 5.32 Å². The molecule has 0 radical (unpaired) electrons. The molecule has 0 aromatic rings. The van der Waals surface area contributed by atoms with Crippen LogP contribution in [0.2, 0.25) is 0 Å². The average Bonchev–Trinajstić information content (AvgIpc) is 2.48. The summed E-state index contributed by atoms with van der Waals surface area (Å²) in [7, 11) is -6.02. The summed E-state index contributed by atoms with van der Waals surface area (Å²) in [4.78, 5) is 22.9. The third-order valence-corrected chi connectivity index (χ3v) is 3.57. The second-order valence-electron chi connectivity index (χ2n) is 4.62. The van der Waals surface area contributed by atoms with Crippen molar-refractivity contribution in [3.05, 3.63) is 25.1 Å². The highest BCUT2D eigenvalue weighted by Gasteiger charge is 2.66. The normalized spacial score (nSPS) is 14.8. The molecule has 1 amide bonds. The van der Waals surface area contributed by atoms with Crippen molar-refractivity contribution in [2.24, 2.45) is 0 Å². The average molecular weight is 429 g/mol. The fourth-order valence-corrected chi connectivity index (χ4v) is 1.66. The van der Waals surface area contributed by atoms with E-state index in [9.17, 15) is 44.3 Å². The number of esters is 1. The Balaban J connectivity index is 5.85. The first-order valence-corrected chi connectivity index (χ1v) is 7.98. The van der Waals surface area contributed by atoms with Gasteiger partial charge in [0.25, 0.3) is 0 Å². The predicted molar refractivity (Wildman–Crippen MR) is 75.4 cm³/mol. The van der Waals surface area contributed by atoms with E-state index in [1.165, 1.54) is 5.32 Å². The van der Waals surface area contributed by atoms with Crippen molar-refractivity contribution in [1.29, 1.82) is 0 Å². The van der Waals surface area contributed by atoms with Gasteiger partial charge in [-0.25, -0.2) is 4.79 Å². The number of ether oxygens (including phenoxy) is 2. The van der Waals surface area contributed by atoms with Gasteiger partial charge in [0.05, 0.1) is 13.0 Å². The molecule has 0 aliphatic rings. The molecule has 2 N–H and O–H groups in total. The van der Waals surface area contributed by atoms with Gasteiger partial charge >= 0.3 is 39.2 Å². The van der Waals surface area contributed by atoms with E-state index >= 15 is 0 Å². The van der Waals surface area contributed by atoms with Crippen LogP contribution in [0.3, 0.4) is 0 Å². The SMILES string of the molecule is C=CCNC(=O)C(OCCC(F)(F)S(=O)(=O)O)(OC(=O)C(=C)F)C(F)(F)F. The number of alkyl halides is 5. The molecule has 27 heavy (non-hydrogen) atoms. The van der Waals surface area contributed by atoms with Gasteiger partial charge in [0.1, 0.15) is 0 Å². The highest BCUT2D eigenvalue weighted by molar-refractivity contribution is 7.86. The van der Waals surface area contributed by atoms with Crippen LogP contribution in [0.5, 0.6) is 0 Å². The Morgan fingerprint density at radius 3 is 2.07 bits per heavy atom. The lowest BCUT2D eigenvalue weighted by Gasteiger charge is -2.33. The maximum Gasteiger partial charge on any atom is 0.466 e. The van der Waals surface area contributed by atoms with Crippen LogP contribution in [-0.2, 0) is 29.2 Å². The van der Waals surface area contributed by atoms with E-state index in [0.29, 0.717) is 0 Å². The Kier molecular flexibility index (Phi) is 8.02. The van der Waals surface area contributed by atoms with Crippen LogP contribution in [0.15, 0.2) is 25.1 Å². The van der Waals surface area contributed by atoms with Crippen LogP contribution in [0.25, 0.3) is 0 Å². The molecule has 0 aromatic heterocycles. The second kappa shape index (κ2) is 8.71. The molecule has 156 valence electrons. The number of halogens is 6. The van der Waals surface area contributed by atoms with Crippen LogP contribution >= 0.6 is 0 Å². The zero-order chi connectivity index (χ0) is 21.7. The highest BCUT2D eigenvalue weighted by Crippen LogP contribution is 2.37. The van der Waals surface area contributed by atoms with Crippen molar-refractivity contribution >= 4 is 22.0 Å². The van der Waals surface area contributed by atoms with Gasteiger partial charge in [-0.1, -0.05) is 12.7 Å². The third-order valence-electron chi connectivity index (χ3n) is 2.61. The van der Waals surface area contributed by atoms with Gasteiger partial charge < -0.3 is 14.8 Å². The number of carbonyl (C=O) groups is 2. The molecule has 0 heterocycles. The molecule has 8 nitrogen and oxygen atoms in total. The Morgan fingerprint density at radius 1 is 1.19 bits per heavy atom. The number of amides is 1. The van der Waals surface area contributed by atoms with Gasteiger partial charge in [0.2, 0.25) is 5.83 Å².